The van der Waals surface area contributed by atoms with E-state index < -0.39 is 0 Å². The van der Waals surface area contributed by atoms with E-state index >= 15 is 0 Å². The highest BCUT2D eigenvalue weighted by molar-refractivity contribution is 5.81. The van der Waals surface area contributed by atoms with Crippen LogP contribution in [0.3, 0.4) is 0 Å². The predicted octanol–water partition coefficient (Wildman–Crippen LogP) is 2.79. The normalized spacial score (nSPS) is 12.4. The van der Waals surface area contributed by atoms with E-state index in [0.717, 1.165) is 11.2 Å². The van der Waals surface area contributed by atoms with Crippen molar-refractivity contribution in [3.05, 3.63) is 47.7 Å². The number of nitrogens with zero attached hydrogens (tertiary/aromatic N) is 3. The number of amides is 1. The standard InChI is InChI=1S/C19H24N4O3/c1-13-12-15-6-4-5-7-16(15)23(13)10-8-18(24)20-14(2)19-21-17(22-26-19)9-11-25-3/h4-7,12,14H,8-11H2,1-3H3,(H,20,24)/t14-/m0/s1. The minimum Gasteiger partial charge on any atom is -0.384 e. The third-order valence-corrected chi connectivity index (χ3v) is 4.34. The van der Waals surface area contributed by atoms with Crippen LogP contribution in [0.2, 0.25) is 0 Å². The minimum atomic E-state index is -0.325. The number of hydrogen-bond acceptors (Lipinski definition) is 5. The van der Waals surface area contributed by atoms with Crippen LogP contribution < -0.4 is 5.32 Å². The molecule has 0 aliphatic rings. The molecule has 138 valence electrons. The lowest BCUT2D eigenvalue weighted by Gasteiger charge is -2.11. The van der Waals surface area contributed by atoms with Gasteiger partial charge in [0.1, 0.15) is 6.04 Å². The van der Waals surface area contributed by atoms with Crippen molar-refractivity contribution in [1.29, 1.82) is 0 Å². The average molecular weight is 356 g/mol. The first kappa shape index (κ1) is 18.1. The highest BCUT2D eigenvalue weighted by Crippen LogP contribution is 2.19. The molecule has 0 aliphatic carbocycles. The minimum absolute atomic E-state index is 0.0497. The van der Waals surface area contributed by atoms with Gasteiger partial charge in [-0.15, -0.1) is 0 Å². The van der Waals surface area contributed by atoms with Crippen LogP contribution in [-0.4, -0.2) is 34.3 Å². The molecule has 0 bridgehead atoms. The monoisotopic (exact) mass is 356 g/mol. The van der Waals surface area contributed by atoms with Crippen LogP contribution in [0.4, 0.5) is 0 Å². The zero-order valence-corrected chi connectivity index (χ0v) is 15.4. The SMILES string of the molecule is COCCc1noc([C@H](C)NC(=O)CCn2c(C)cc3ccccc32)n1. The second kappa shape index (κ2) is 8.14. The summed E-state index contributed by atoms with van der Waals surface area (Å²) >= 11 is 0. The van der Waals surface area contributed by atoms with E-state index in [1.54, 1.807) is 7.11 Å². The second-order valence-corrected chi connectivity index (χ2v) is 6.33. The molecule has 0 unspecified atom stereocenters. The van der Waals surface area contributed by atoms with Gasteiger partial charge in [-0.05, 0) is 31.4 Å². The van der Waals surface area contributed by atoms with Gasteiger partial charge in [0.2, 0.25) is 11.8 Å². The maximum absolute atomic E-state index is 12.3. The van der Waals surface area contributed by atoms with Crippen molar-refractivity contribution in [2.75, 3.05) is 13.7 Å². The van der Waals surface area contributed by atoms with Crippen molar-refractivity contribution in [3.63, 3.8) is 0 Å². The van der Waals surface area contributed by atoms with Crippen molar-refractivity contribution in [2.24, 2.45) is 0 Å². The molecule has 1 N–H and O–H groups in total. The van der Waals surface area contributed by atoms with Gasteiger partial charge >= 0.3 is 0 Å². The van der Waals surface area contributed by atoms with Crippen molar-refractivity contribution in [1.82, 2.24) is 20.0 Å². The summed E-state index contributed by atoms with van der Waals surface area (Å²) in [6.07, 6.45) is 0.967. The number of aryl methyl sites for hydroxylation is 2. The van der Waals surface area contributed by atoms with Gasteiger partial charge in [0, 0.05) is 37.7 Å². The van der Waals surface area contributed by atoms with Gasteiger partial charge in [-0.2, -0.15) is 4.98 Å². The van der Waals surface area contributed by atoms with Crippen molar-refractivity contribution < 1.29 is 14.1 Å². The summed E-state index contributed by atoms with van der Waals surface area (Å²) in [4.78, 5) is 16.6. The van der Waals surface area contributed by atoms with Crippen molar-refractivity contribution in [2.45, 2.75) is 39.3 Å². The van der Waals surface area contributed by atoms with Crippen molar-refractivity contribution >= 4 is 16.8 Å². The smallest absolute Gasteiger partial charge is 0.248 e. The summed E-state index contributed by atoms with van der Waals surface area (Å²) in [7, 11) is 1.62. The number of carbonyl (C=O) groups is 1. The highest BCUT2D eigenvalue weighted by Gasteiger charge is 2.17. The van der Waals surface area contributed by atoms with E-state index in [-0.39, 0.29) is 11.9 Å². The number of carbonyl (C=O) groups excluding carboxylic acids is 1. The maximum Gasteiger partial charge on any atom is 0.248 e. The third-order valence-electron chi connectivity index (χ3n) is 4.34. The Morgan fingerprint density at radius 1 is 1.38 bits per heavy atom. The van der Waals surface area contributed by atoms with E-state index in [0.29, 0.717) is 37.7 Å². The molecule has 0 aliphatic heterocycles. The topological polar surface area (TPSA) is 82.2 Å². The zero-order valence-electron chi connectivity index (χ0n) is 15.4. The fraction of sp³-hybridized carbons (Fsp3) is 0.421. The Hall–Kier alpha value is -2.67. The summed E-state index contributed by atoms with van der Waals surface area (Å²) in [6.45, 7) is 5.05. The molecule has 1 atom stereocenters. The Morgan fingerprint density at radius 3 is 3.00 bits per heavy atom. The van der Waals surface area contributed by atoms with E-state index in [1.165, 1.54) is 5.39 Å². The maximum atomic E-state index is 12.3. The number of para-hydroxylation sites is 1. The van der Waals surface area contributed by atoms with Gasteiger partial charge < -0.3 is 19.1 Å². The summed E-state index contributed by atoms with van der Waals surface area (Å²) in [5, 5.41) is 8.00. The number of hydrogen-bond donors (Lipinski definition) is 1. The summed E-state index contributed by atoms with van der Waals surface area (Å²) in [5.41, 5.74) is 2.29. The molecule has 7 nitrogen and oxygen atoms in total. The molecule has 0 saturated carbocycles. The van der Waals surface area contributed by atoms with Gasteiger partial charge in [0.05, 0.1) is 6.61 Å². The zero-order chi connectivity index (χ0) is 18.5. The van der Waals surface area contributed by atoms with Crippen LogP contribution in [-0.2, 0) is 22.5 Å². The lowest BCUT2D eigenvalue weighted by Crippen LogP contribution is -2.27. The van der Waals surface area contributed by atoms with Crippen LogP contribution >= 0.6 is 0 Å². The average Bonchev–Trinajstić information content (AvgIpc) is 3.22. The molecular formula is C19H24N4O3. The Kier molecular flexibility index (Phi) is 5.68. The lowest BCUT2D eigenvalue weighted by atomic mass is 10.2. The number of nitrogens with one attached hydrogen (secondary N) is 1. The Balaban J connectivity index is 1.56. The number of methoxy groups -OCH3 is 1. The summed E-state index contributed by atoms with van der Waals surface area (Å²) in [5.74, 6) is 0.941. The van der Waals surface area contributed by atoms with E-state index in [1.807, 2.05) is 19.1 Å². The number of fused-ring (bicyclic) bond motifs is 1. The fourth-order valence-electron chi connectivity index (χ4n) is 2.97. The van der Waals surface area contributed by atoms with Crippen LogP contribution in [0, 0.1) is 6.92 Å². The highest BCUT2D eigenvalue weighted by atomic mass is 16.5. The number of benzene rings is 1. The Labute approximate surface area is 152 Å². The molecule has 3 aromatic rings. The quantitative estimate of drug-likeness (QED) is 0.671. The number of rotatable bonds is 8. The summed E-state index contributed by atoms with van der Waals surface area (Å²) < 4.78 is 12.4. The van der Waals surface area contributed by atoms with Crippen LogP contribution in [0.1, 0.15) is 36.8 Å². The largest absolute Gasteiger partial charge is 0.384 e. The molecule has 2 heterocycles. The Bertz CT molecular complexity index is 884. The molecule has 0 spiro atoms. The van der Waals surface area contributed by atoms with Gasteiger partial charge in [-0.3, -0.25) is 4.79 Å². The van der Waals surface area contributed by atoms with E-state index in [9.17, 15) is 4.79 Å². The molecule has 1 amide bonds. The number of aromatic nitrogens is 3. The van der Waals surface area contributed by atoms with Crippen LogP contribution in [0.25, 0.3) is 10.9 Å². The van der Waals surface area contributed by atoms with Gasteiger partial charge in [-0.25, -0.2) is 0 Å². The third kappa shape index (κ3) is 4.11. The molecule has 3 rings (SSSR count). The van der Waals surface area contributed by atoms with Gasteiger partial charge in [0.15, 0.2) is 5.82 Å². The fourth-order valence-corrected chi connectivity index (χ4v) is 2.97. The molecular weight excluding hydrogens is 332 g/mol. The van der Waals surface area contributed by atoms with Gasteiger partial charge in [-0.1, -0.05) is 23.4 Å². The first-order valence-corrected chi connectivity index (χ1v) is 8.74. The van der Waals surface area contributed by atoms with E-state index in [2.05, 4.69) is 45.1 Å². The predicted molar refractivity (Wildman–Crippen MR) is 97.7 cm³/mol. The van der Waals surface area contributed by atoms with Crippen LogP contribution in [0.15, 0.2) is 34.9 Å². The molecule has 0 saturated heterocycles. The van der Waals surface area contributed by atoms with E-state index in [4.69, 9.17) is 9.26 Å². The molecule has 7 heteroatoms. The molecule has 1 aromatic carbocycles. The first-order valence-electron chi connectivity index (χ1n) is 8.74. The second-order valence-electron chi connectivity index (χ2n) is 6.33. The van der Waals surface area contributed by atoms with Crippen LogP contribution in [0.5, 0.6) is 0 Å². The molecule has 2 aromatic heterocycles. The molecule has 0 radical (unpaired) electrons. The Morgan fingerprint density at radius 2 is 2.19 bits per heavy atom. The van der Waals surface area contributed by atoms with Crippen molar-refractivity contribution in [3.8, 4) is 0 Å². The molecule has 26 heavy (non-hydrogen) atoms. The van der Waals surface area contributed by atoms with Gasteiger partial charge in [0.25, 0.3) is 0 Å². The first-order chi connectivity index (χ1) is 12.6. The summed E-state index contributed by atoms with van der Waals surface area (Å²) in [6, 6.07) is 9.99. The molecule has 0 fully saturated rings. The lowest BCUT2D eigenvalue weighted by molar-refractivity contribution is -0.122. The number of ether oxygens (including phenoxy) is 1.